The maximum atomic E-state index is 5.75. The highest BCUT2D eigenvalue weighted by Crippen LogP contribution is 2.21. The predicted molar refractivity (Wildman–Crippen MR) is 143 cm³/mol. The molecule has 3 rings (SSSR count). The van der Waals surface area contributed by atoms with Crippen LogP contribution in [0.15, 0.2) is 29.3 Å². The van der Waals surface area contributed by atoms with Crippen molar-refractivity contribution in [3.63, 3.8) is 0 Å². The fraction of sp³-hybridized carbons (Fsp3) is 0.720. The van der Waals surface area contributed by atoms with Gasteiger partial charge in [0.15, 0.2) is 5.96 Å². The number of halogens is 1. The number of piperidine rings is 1. The summed E-state index contributed by atoms with van der Waals surface area (Å²) in [4.78, 5) is 10.0. The van der Waals surface area contributed by atoms with Gasteiger partial charge >= 0.3 is 0 Å². The van der Waals surface area contributed by atoms with Crippen LogP contribution >= 0.6 is 24.0 Å². The van der Waals surface area contributed by atoms with Crippen molar-refractivity contribution < 1.29 is 9.47 Å². The summed E-state index contributed by atoms with van der Waals surface area (Å²) in [5.74, 6) is 2.40. The van der Waals surface area contributed by atoms with Gasteiger partial charge in [-0.1, -0.05) is 31.2 Å². The Bertz CT molecular complexity index is 688. The van der Waals surface area contributed by atoms with Crippen molar-refractivity contribution in [1.29, 1.82) is 0 Å². The summed E-state index contributed by atoms with van der Waals surface area (Å²) in [6, 6.07) is 8.83. The lowest BCUT2D eigenvalue weighted by atomic mass is 9.99. The molecule has 0 spiro atoms. The number of rotatable bonds is 10. The van der Waals surface area contributed by atoms with Crippen molar-refractivity contribution in [1.82, 2.24) is 15.1 Å². The second-order valence-electron chi connectivity index (χ2n) is 9.09. The van der Waals surface area contributed by atoms with Crippen LogP contribution in [0.25, 0.3) is 0 Å². The zero-order valence-corrected chi connectivity index (χ0v) is 22.6. The maximum Gasteiger partial charge on any atom is 0.194 e. The average molecular weight is 559 g/mol. The minimum Gasteiger partial charge on any atom is -0.382 e. The first-order chi connectivity index (χ1) is 15.2. The number of nitrogens with zero attached hydrogens (tertiary/aromatic N) is 3. The minimum absolute atomic E-state index is 0. The Balaban J connectivity index is 0.00000363. The van der Waals surface area contributed by atoms with Crippen LogP contribution in [0.1, 0.15) is 44.2 Å². The SMILES string of the molecule is CCNC(=NCc1ccccc1CN1CCCC(C)C1)N1CCC(COCCOC)C1.I. The fourth-order valence-electron chi connectivity index (χ4n) is 4.68. The third kappa shape index (κ3) is 8.80. The summed E-state index contributed by atoms with van der Waals surface area (Å²) in [6.45, 7) is 13.8. The second-order valence-corrected chi connectivity index (χ2v) is 9.09. The van der Waals surface area contributed by atoms with Crippen LogP contribution in [0, 0.1) is 11.8 Å². The molecule has 0 saturated carbocycles. The first-order valence-corrected chi connectivity index (χ1v) is 12.1. The lowest BCUT2D eigenvalue weighted by molar-refractivity contribution is 0.0536. The lowest BCUT2D eigenvalue weighted by Gasteiger charge is -2.31. The Kier molecular flexibility index (Phi) is 12.9. The van der Waals surface area contributed by atoms with Crippen LogP contribution < -0.4 is 5.32 Å². The van der Waals surface area contributed by atoms with Crippen LogP contribution in [-0.4, -0.2) is 75.4 Å². The highest BCUT2D eigenvalue weighted by Gasteiger charge is 2.25. The van der Waals surface area contributed by atoms with Gasteiger partial charge in [-0.2, -0.15) is 0 Å². The molecular weight excluding hydrogens is 515 g/mol. The molecule has 182 valence electrons. The Morgan fingerprint density at radius 2 is 1.94 bits per heavy atom. The molecule has 1 aromatic carbocycles. The third-order valence-corrected chi connectivity index (χ3v) is 6.36. The van der Waals surface area contributed by atoms with E-state index >= 15 is 0 Å². The van der Waals surface area contributed by atoms with Gasteiger partial charge in [0.25, 0.3) is 0 Å². The number of hydrogen-bond donors (Lipinski definition) is 1. The highest BCUT2D eigenvalue weighted by molar-refractivity contribution is 14.0. The molecule has 0 aromatic heterocycles. The van der Waals surface area contributed by atoms with Gasteiger partial charge in [-0.25, -0.2) is 4.99 Å². The topological polar surface area (TPSA) is 49.3 Å². The number of guanidine groups is 1. The molecule has 6 nitrogen and oxygen atoms in total. The molecule has 1 aromatic rings. The van der Waals surface area contributed by atoms with Gasteiger partial charge in [-0.05, 0) is 49.8 Å². The number of aliphatic imine (C=N–C) groups is 1. The van der Waals surface area contributed by atoms with Crippen molar-refractivity contribution in [3.05, 3.63) is 35.4 Å². The molecule has 7 heteroatoms. The Labute approximate surface area is 212 Å². The van der Waals surface area contributed by atoms with Crippen LogP contribution in [0.4, 0.5) is 0 Å². The van der Waals surface area contributed by atoms with E-state index in [1.54, 1.807) is 7.11 Å². The Morgan fingerprint density at radius 3 is 2.69 bits per heavy atom. The van der Waals surface area contributed by atoms with Gasteiger partial charge in [0.2, 0.25) is 0 Å². The lowest BCUT2D eigenvalue weighted by Crippen LogP contribution is -2.40. The van der Waals surface area contributed by atoms with Crippen molar-refractivity contribution in [2.75, 3.05) is 59.7 Å². The van der Waals surface area contributed by atoms with Crippen LogP contribution in [0.3, 0.4) is 0 Å². The first kappa shape index (κ1) is 27.3. The van der Waals surface area contributed by atoms with E-state index in [1.165, 1.54) is 37.1 Å². The number of likely N-dealkylation sites (tertiary alicyclic amines) is 2. The van der Waals surface area contributed by atoms with E-state index in [0.29, 0.717) is 19.1 Å². The normalized spacial score (nSPS) is 22.1. The monoisotopic (exact) mass is 558 g/mol. The van der Waals surface area contributed by atoms with E-state index in [1.807, 2.05) is 0 Å². The van der Waals surface area contributed by atoms with E-state index in [2.05, 4.69) is 53.2 Å². The standard InChI is InChI=1S/C25H42N4O2.HI/c1-4-26-25(29-13-11-22(18-29)20-31-15-14-30-3)27-16-23-9-5-6-10-24(23)19-28-12-7-8-21(2)17-28;/h5-6,9-10,21-22H,4,7-8,11-20H2,1-3H3,(H,26,27);1H. The van der Waals surface area contributed by atoms with E-state index in [9.17, 15) is 0 Å². The van der Waals surface area contributed by atoms with Gasteiger partial charge < -0.3 is 19.7 Å². The quantitative estimate of drug-likeness (QED) is 0.204. The third-order valence-electron chi connectivity index (χ3n) is 6.36. The molecule has 2 fully saturated rings. The van der Waals surface area contributed by atoms with E-state index in [0.717, 1.165) is 57.6 Å². The molecule has 2 aliphatic rings. The molecule has 1 N–H and O–H groups in total. The van der Waals surface area contributed by atoms with Crippen molar-refractivity contribution in [3.8, 4) is 0 Å². The average Bonchev–Trinajstić information content (AvgIpc) is 3.24. The highest BCUT2D eigenvalue weighted by atomic mass is 127. The zero-order chi connectivity index (χ0) is 21.9. The summed E-state index contributed by atoms with van der Waals surface area (Å²) in [7, 11) is 1.71. The van der Waals surface area contributed by atoms with E-state index in [-0.39, 0.29) is 24.0 Å². The smallest absolute Gasteiger partial charge is 0.194 e. The van der Waals surface area contributed by atoms with Gasteiger partial charge in [-0.15, -0.1) is 24.0 Å². The number of benzene rings is 1. The van der Waals surface area contributed by atoms with Crippen LogP contribution in [0.5, 0.6) is 0 Å². The number of methoxy groups -OCH3 is 1. The van der Waals surface area contributed by atoms with Crippen molar-refractivity contribution >= 4 is 29.9 Å². The van der Waals surface area contributed by atoms with Gasteiger partial charge in [0.1, 0.15) is 0 Å². The van der Waals surface area contributed by atoms with Crippen LogP contribution in [-0.2, 0) is 22.6 Å². The molecule has 2 saturated heterocycles. The Hall–Kier alpha value is -0.900. The largest absolute Gasteiger partial charge is 0.382 e. The van der Waals surface area contributed by atoms with Crippen molar-refractivity contribution in [2.45, 2.75) is 46.2 Å². The molecule has 0 radical (unpaired) electrons. The van der Waals surface area contributed by atoms with Gasteiger partial charge in [0.05, 0.1) is 26.4 Å². The first-order valence-electron chi connectivity index (χ1n) is 12.1. The summed E-state index contributed by atoms with van der Waals surface area (Å²) in [5, 5.41) is 3.50. The summed E-state index contributed by atoms with van der Waals surface area (Å²) in [5.41, 5.74) is 2.76. The molecule has 0 aliphatic carbocycles. The fourth-order valence-corrected chi connectivity index (χ4v) is 4.68. The minimum atomic E-state index is 0. The predicted octanol–water partition coefficient (Wildman–Crippen LogP) is 3.99. The van der Waals surface area contributed by atoms with Gasteiger partial charge in [-0.3, -0.25) is 4.90 Å². The maximum absolute atomic E-state index is 5.75. The zero-order valence-electron chi connectivity index (χ0n) is 20.2. The molecule has 2 heterocycles. The molecule has 2 aliphatic heterocycles. The summed E-state index contributed by atoms with van der Waals surface area (Å²) in [6.07, 6.45) is 3.83. The number of nitrogens with one attached hydrogen (secondary N) is 1. The molecule has 0 amide bonds. The molecule has 32 heavy (non-hydrogen) atoms. The number of hydrogen-bond acceptors (Lipinski definition) is 4. The molecule has 0 bridgehead atoms. The summed E-state index contributed by atoms with van der Waals surface area (Å²) >= 11 is 0. The molecular formula is C25H43IN4O2. The van der Waals surface area contributed by atoms with Gasteiger partial charge in [0, 0.05) is 45.8 Å². The summed E-state index contributed by atoms with van der Waals surface area (Å²) < 4.78 is 10.8. The van der Waals surface area contributed by atoms with Crippen molar-refractivity contribution in [2.24, 2.45) is 16.8 Å². The number of ether oxygens (including phenoxy) is 2. The molecule has 2 atom stereocenters. The Morgan fingerprint density at radius 1 is 1.12 bits per heavy atom. The van der Waals surface area contributed by atoms with E-state index < -0.39 is 0 Å². The molecule has 2 unspecified atom stereocenters. The second kappa shape index (κ2) is 15.1. The van der Waals surface area contributed by atoms with E-state index in [4.69, 9.17) is 14.5 Å². The van der Waals surface area contributed by atoms with Crippen LogP contribution in [0.2, 0.25) is 0 Å².